The number of thioether (sulfide) groups is 1. The number of aromatic nitrogens is 1. The van der Waals surface area contributed by atoms with Crippen molar-refractivity contribution in [1.29, 1.82) is 0 Å². The predicted molar refractivity (Wildman–Crippen MR) is 87.1 cm³/mol. The standard InChI is InChI=1S/C16H18N2O3S/c19-14(18-16(15(20)21)7-8-22-10-16)6-5-11-9-17-13-4-2-1-3-12(11)13/h1-4,9,17H,5-8,10H2,(H,18,19)(H,20,21). The van der Waals surface area contributed by atoms with E-state index in [4.69, 9.17) is 0 Å². The van der Waals surface area contributed by atoms with Gasteiger partial charge in [-0.1, -0.05) is 18.2 Å². The number of nitrogens with one attached hydrogen (secondary N) is 2. The zero-order valence-electron chi connectivity index (χ0n) is 12.1. The van der Waals surface area contributed by atoms with Crippen LogP contribution in [0, 0.1) is 0 Å². The van der Waals surface area contributed by atoms with Gasteiger partial charge in [0.2, 0.25) is 5.91 Å². The number of carboxylic acid groups (broad SMARTS) is 1. The molecule has 1 fully saturated rings. The van der Waals surface area contributed by atoms with Crippen LogP contribution >= 0.6 is 11.8 Å². The van der Waals surface area contributed by atoms with Crippen LogP contribution in [-0.2, 0) is 16.0 Å². The molecule has 0 saturated carbocycles. The summed E-state index contributed by atoms with van der Waals surface area (Å²) in [5.74, 6) is 0.0871. The van der Waals surface area contributed by atoms with E-state index < -0.39 is 11.5 Å². The van der Waals surface area contributed by atoms with Crippen LogP contribution in [0.3, 0.4) is 0 Å². The number of amides is 1. The highest BCUT2D eigenvalue weighted by Crippen LogP contribution is 2.28. The Kier molecular flexibility index (Phi) is 4.11. The first-order valence-electron chi connectivity index (χ1n) is 7.28. The number of hydrogen-bond donors (Lipinski definition) is 3. The maximum Gasteiger partial charge on any atom is 0.330 e. The molecule has 1 atom stereocenters. The van der Waals surface area contributed by atoms with E-state index >= 15 is 0 Å². The van der Waals surface area contributed by atoms with Crippen molar-refractivity contribution in [2.75, 3.05) is 11.5 Å². The van der Waals surface area contributed by atoms with Crippen molar-refractivity contribution in [1.82, 2.24) is 10.3 Å². The molecular weight excluding hydrogens is 300 g/mol. The Hall–Kier alpha value is -1.95. The summed E-state index contributed by atoms with van der Waals surface area (Å²) in [5, 5.41) is 13.2. The number of aliphatic carboxylic acids is 1. The molecule has 3 rings (SSSR count). The number of carbonyl (C=O) groups excluding carboxylic acids is 1. The first-order chi connectivity index (χ1) is 10.6. The molecule has 2 heterocycles. The minimum absolute atomic E-state index is 0.199. The highest BCUT2D eigenvalue weighted by Gasteiger charge is 2.43. The van der Waals surface area contributed by atoms with Gasteiger partial charge in [-0.15, -0.1) is 0 Å². The van der Waals surface area contributed by atoms with Crippen LogP contribution in [0.15, 0.2) is 30.5 Å². The van der Waals surface area contributed by atoms with Crippen LogP contribution in [0.25, 0.3) is 10.9 Å². The summed E-state index contributed by atoms with van der Waals surface area (Å²) in [7, 11) is 0. The van der Waals surface area contributed by atoms with E-state index in [2.05, 4.69) is 10.3 Å². The van der Waals surface area contributed by atoms with E-state index in [9.17, 15) is 14.7 Å². The number of aryl methyl sites for hydroxylation is 1. The molecule has 1 saturated heterocycles. The second-order valence-corrected chi connectivity index (χ2v) is 6.70. The molecule has 0 aliphatic carbocycles. The van der Waals surface area contributed by atoms with Gasteiger partial charge in [-0.2, -0.15) is 11.8 Å². The molecule has 1 aromatic carbocycles. The van der Waals surface area contributed by atoms with Gasteiger partial charge in [0, 0.05) is 29.3 Å². The van der Waals surface area contributed by atoms with Crippen molar-refractivity contribution in [3.63, 3.8) is 0 Å². The second kappa shape index (κ2) is 6.04. The van der Waals surface area contributed by atoms with Crippen LogP contribution in [0.5, 0.6) is 0 Å². The SMILES string of the molecule is O=C(CCc1c[nH]c2ccccc12)NC1(C(=O)O)CCSC1. The van der Waals surface area contributed by atoms with E-state index in [1.54, 1.807) is 11.8 Å². The van der Waals surface area contributed by atoms with Crippen molar-refractivity contribution >= 4 is 34.5 Å². The number of fused-ring (bicyclic) bond motifs is 1. The lowest BCUT2D eigenvalue weighted by atomic mass is 9.98. The molecule has 116 valence electrons. The smallest absolute Gasteiger partial charge is 0.330 e. The second-order valence-electron chi connectivity index (χ2n) is 5.60. The minimum Gasteiger partial charge on any atom is -0.479 e. The largest absolute Gasteiger partial charge is 0.479 e. The summed E-state index contributed by atoms with van der Waals surface area (Å²) < 4.78 is 0. The van der Waals surface area contributed by atoms with Crippen LogP contribution in [-0.4, -0.2) is 39.0 Å². The molecule has 1 amide bonds. The first-order valence-corrected chi connectivity index (χ1v) is 8.43. The predicted octanol–water partition coefficient (Wildman–Crippen LogP) is 2.18. The van der Waals surface area contributed by atoms with Gasteiger partial charge in [-0.05, 0) is 30.2 Å². The maximum atomic E-state index is 12.1. The molecular formula is C16H18N2O3S. The van der Waals surface area contributed by atoms with E-state index in [-0.39, 0.29) is 5.91 Å². The number of hydrogen-bond acceptors (Lipinski definition) is 3. The van der Waals surface area contributed by atoms with Gasteiger partial charge < -0.3 is 15.4 Å². The molecule has 0 spiro atoms. The Balaban J connectivity index is 1.64. The Morgan fingerprint density at radius 2 is 2.18 bits per heavy atom. The van der Waals surface area contributed by atoms with Crippen molar-refractivity contribution in [3.8, 4) is 0 Å². The minimum atomic E-state index is -1.08. The lowest BCUT2D eigenvalue weighted by Crippen LogP contribution is -2.54. The summed E-state index contributed by atoms with van der Waals surface area (Å²) in [6, 6.07) is 7.94. The lowest BCUT2D eigenvalue weighted by molar-refractivity contribution is -0.146. The molecule has 6 heteroatoms. The third-order valence-electron chi connectivity index (χ3n) is 4.11. The number of rotatable bonds is 5. The maximum absolute atomic E-state index is 12.1. The fourth-order valence-electron chi connectivity index (χ4n) is 2.80. The molecule has 1 aliphatic heterocycles. The zero-order chi connectivity index (χ0) is 15.6. The fraction of sp³-hybridized carbons (Fsp3) is 0.375. The number of carbonyl (C=O) groups is 2. The normalized spacial score (nSPS) is 21.1. The highest BCUT2D eigenvalue weighted by molar-refractivity contribution is 7.99. The Labute approximate surface area is 132 Å². The van der Waals surface area contributed by atoms with Gasteiger partial charge in [0.25, 0.3) is 0 Å². The Morgan fingerprint density at radius 1 is 1.36 bits per heavy atom. The van der Waals surface area contributed by atoms with Crippen molar-refractivity contribution in [3.05, 3.63) is 36.0 Å². The van der Waals surface area contributed by atoms with E-state index in [1.807, 2.05) is 30.5 Å². The molecule has 0 bridgehead atoms. The van der Waals surface area contributed by atoms with E-state index in [0.717, 1.165) is 22.2 Å². The summed E-state index contributed by atoms with van der Waals surface area (Å²) in [4.78, 5) is 26.8. The number of benzene rings is 1. The molecule has 1 aromatic heterocycles. The van der Waals surface area contributed by atoms with E-state index in [1.165, 1.54) is 0 Å². The average Bonchev–Trinajstić information content (AvgIpc) is 3.13. The summed E-state index contributed by atoms with van der Waals surface area (Å²) >= 11 is 1.57. The van der Waals surface area contributed by atoms with Crippen LogP contribution in [0.4, 0.5) is 0 Å². The quantitative estimate of drug-likeness (QED) is 0.789. The molecule has 3 N–H and O–H groups in total. The summed E-state index contributed by atoms with van der Waals surface area (Å²) in [6.45, 7) is 0. The van der Waals surface area contributed by atoms with Gasteiger partial charge >= 0.3 is 5.97 Å². The Morgan fingerprint density at radius 3 is 2.91 bits per heavy atom. The van der Waals surface area contributed by atoms with Crippen LogP contribution in [0.2, 0.25) is 0 Å². The Bertz CT molecular complexity index is 704. The fourth-order valence-corrected chi connectivity index (χ4v) is 4.13. The molecule has 0 radical (unpaired) electrons. The van der Waals surface area contributed by atoms with Crippen molar-refractivity contribution in [2.45, 2.75) is 24.8 Å². The number of carboxylic acids is 1. The molecule has 22 heavy (non-hydrogen) atoms. The number of aromatic amines is 1. The van der Waals surface area contributed by atoms with Gasteiger partial charge in [0.05, 0.1) is 0 Å². The topological polar surface area (TPSA) is 82.2 Å². The number of H-pyrrole nitrogens is 1. The summed E-state index contributed by atoms with van der Waals surface area (Å²) in [5.41, 5.74) is 1.05. The van der Waals surface area contributed by atoms with Gasteiger partial charge in [-0.25, -0.2) is 4.79 Å². The highest BCUT2D eigenvalue weighted by atomic mass is 32.2. The first kappa shape index (κ1) is 15.0. The van der Waals surface area contributed by atoms with Gasteiger partial charge in [-0.3, -0.25) is 4.79 Å². The van der Waals surface area contributed by atoms with E-state index in [0.29, 0.717) is 25.0 Å². The third-order valence-corrected chi connectivity index (χ3v) is 5.30. The molecule has 1 unspecified atom stereocenters. The molecule has 1 aliphatic rings. The van der Waals surface area contributed by atoms with Crippen molar-refractivity contribution < 1.29 is 14.7 Å². The van der Waals surface area contributed by atoms with Crippen molar-refractivity contribution in [2.24, 2.45) is 0 Å². The van der Waals surface area contributed by atoms with Gasteiger partial charge in [0.15, 0.2) is 0 Å². The average molecular weight is 318 g/mol. The van der Waals surface area contributed by atoms with Crippen LogP contribution in [0.1, 0.15) is 18.4 Å². The summed E-state index contributed by atoms with van der Waals surface area (Å²) in [6.07, 6.45) is 3.29. The molecule has 5 nitrogen and oxygen atoms in total. The lowest BCUT2D eigenvalue weighted by Gasteiger charge is -2.24. The number of para-hydroxylation sites is 1. The molecule has 2 aromatic rings. The third kappa shape index (κ3) is 2.83. The van der Waals surface area contributed by atoms with Crippen LogP contribution < -0.4 is 5.32 Å². The van der Waals surface area contributed by atoms with Gasteiger partial charge in [0.1, 0.15) is 5.54 Å². The monoisotopic (exact) mass is 318 g/mol. The zero-order valence-corrected chi connectivity index (χ0v) is 12.9.